The van der Waals surface area contributed by atoms with Gasteiger partial charge in [0.1, 0.15) is 6.04 Å². The van der Waals surface area contributed by atoms with E-state index in [1.807, 2.05) is 6.92 Å². The van der Waals surface area contributed by atoms with Gasteiger partial charge in [-0.15, -0.1) is 11.8 Å². The number of thioether (sulfide) groups is 1. The van der Waals surface area contributed by atoms with Gasteiger partial charge in [-0.3, -0.25) is 4.90 Å². The normalized spacial score (nSPS) is 27.6. The molecule has 0 spiro atoms. The van der Waals surface area contributed by atoms with Crippen LogP contribution >= 0.6 is 11.8 Å². The van der Waals surface area contributed by atoms with Crippen molar-refractivity contribution in [2.45, 2.75) is 56.9 Å². The van der Waals surface area contributed by atoms with Crippen molar-refractivity contribution in [2.24, 2.45) is 5.92 Å². The summed E-state index contributed by atoms with van der Waals surface area (Å²) in [5.41, 5.74) is 0. The first kappa shape index (κ1) is 15.5. The second-order valence-electron chi connectivity index (χ2n) is 5.65. The molecule has 2 rings (SSSR count). The number of nitrogens with one attached hydrogen (secondary N) is 1. The second-order valence-corrected chi connectivity index (χ2v) is 6.86. The maximum Gasteiger partial charge on any atom is 0.327 e. The van der Waals surface area contributed by atoms with E-state index in [0.29, 0.717) is 18.2 Å². The van der Waals surface area contributed by atoms with Gasteiger partial charge in [-0.1, -0.05) is 26.2 Å². The topological polar surface area (TPSA) is 69.6 Å². The molecule has 20 heavy (non-hydrogen) atoms. The van der Waals surface area contributed by atoms with E-state index < -0.39 is 12.0 Å². The van der Waals surface area contributed by atoms with Crippen LogP contribution in [0.1, 0.15) is 45.4 Å². The zero-order valence-electron chi connectivity index (χ0n) is 12.0. The van der Waals surface area contributed by atoms with Crippen LogP contribution < -0.4 is 5.32 Å². The molecule has 2 aliphatic rings. The number of urea groups is 1. The van der Waals surface area contributed by atoms with Crippen LogP contribution in [0.2, 0.25) is 0 Å². The third-order valence-corrected chi connectivity index (χ3v) is 5.68. The fourth-order valence-electron chi connectivity index (χ4n) is 3.05. The Bertz CT molecular complexity index is 358. The summed E-state index contributed by atoms with van der Waals surface area (Å²) in [5, 5.41) is 12.2. The van der Waals surface area contributed by atoms with Crippen molar-refractivity contribution in [1.29, 1.82) is 0 Å². The first-order valence-electron chi connectivity index (χ1n) is 7.54. The quantitative estimate of drug-likeness (QED) is 0.837. The van der Waals surface area contributed by atoms with Crippen LogP contribution in [0.4, 0.5) is 4.79 Å². The van der Waals surface area contributed by atoms with Crippen molar-refractivity contribution in [3.8, 4) is 0 Å². The Hall–Kier alpha value is -0.910. The monoisotopic (exact) mass is 300 g/mol. The van der Waals surface area contributed by atoms with E-state index in [4.69, 9.17) is 0 Å². The number of carbonyl (C=O) groups is 2. The minimum atomic E-state index is -0.902. The largest absolute Gasteiger partial charge is 0.480 e. The molecular weight excluding hydrogens is 276 g/mol. The van der Waals surface area contributed by atoms with Gasteiger partial charge < -0.3 is 10.4 Å². The van der Waals surface area contributed by atoms with E-state index in [0.717, 1.165) is 6.42 Å². The van der Waals surface area contributed by atoms with Crippen LogP contribution in [-0.2, 0) is 4.79 Å². The smallest absolute Gasteiger partial charge is 0.327 e. The zero-order chi connectivity index (χ0) is 14.5. The summed E-state index contributed by atoms with van der Waals surface area (Å²) in [6, 6.07) is -0.892. The number of hydrogen-bond donors (Lipinski definition) is 2. The number of rotatable bonds is 4. The maximum atomic E-state index is 12.3. The Labute approximate surface area is 124 Å². The highest BCUT2D eigenvalue weighted by molar-refractivity contribution is 8.00. The molecule has 2 fully saturated rings. The summed E-state index contributed by atoms with van der Waals surface area (Å²) in [6.45, 7) is 2.67. The Balaban J connectivity index is 1.89. The van der Waals surface area contributed by atoms with Crippen LogP contribution in [0.5, 0.6) is 0 Å². The molecule has 0 aromatic rings. The highest BCUT2D eigenvalue weighted by atomic mass is 32.2. The number of carbonyl (C=O) groups excluding carboxylic acids is 1. The lowest BCUT2D eigenvalue weighted by molar-refractivity contribution is -0.141. The molecule has 0 bridgehead atoms. The first-order chi connectivity index (χ1) is 9.63. The van der Waals surface area contributed by atoms with Crippen molar-refractivity contribution in [1.82, 2.24) is 10.2 Å². The lowest BCUT2D eigenvalue weighted by Crippen LogP contribution is -2.50. The molecule has 5 nitrogen and oxygen atoms in total. The van der Waals surface area contributed by atoms with E-state index in [1.54, 1.807) is 11.8 Å². The molecule has 0 aromatic carbocycles. The van der Waals surface area contributed by atoms with Crippen LogP contribution in [0.15, 0.2) is 0 Å². The highest BCUT2D eigenvalue weighted by Gasteiger charge is 2.40. The molecule has 2 atom stereocenters. The van der Waals surface area contributed by atoms with Gasteiger partial charge in [-0.25, -0.2) is 9.59 Å². The van der Waals surface area contributed by atoms with E-state index in [-0.39, 0.29) is 11.4 Å². The summed E-state index contributed by atoms with van der Waals surface area (Å²) >= 11 is 1.56. The maximum absolute atomic E-state index is 12.3. The molecular formula is C14H24N2O3S. The highest BCUT2D eigenvalue weighted by Crippen LogP contribution is 2.31. The molecule has 0 aromatic heterocycles. The summed E-state index contributed by atoms with van der Waals surface area (Å²) in [4.78, 5) is 25.1. The van der Waals surface area contributed by atoms with Crippen LogP contribution in [-0.4, -0.2) is 45.7 Å². The Morgan fingerprint density at radius 3 is 2.60 bits per heavy atom. The van der Waals surface area contributed by atoms with Crippen molar-refractivity contribution in [3.05, 3.63) is 0 Å². The fourth-order valence-corrected chi connectivity index (χ4v) is 4.40. The number of hydrogen-bond acceptors (Lipinski definition) is 3. The minimum Gasteiger partial charge on any atom is -0.480 e. The van der Waals surface area contributed by atoms with Gasteiger partial charge in [0.2, 0.25) is 0 Å². The zero-order valence-corrected chi connectivity index (χ0v) is 12.8. The second kappa shape index (κ2) is 7.20. The minimum absolute atomic E-state index is 0.0116. The lowest BCUT2D eigenvalue weighted by Gasteiger charge is -2.28. The molecule has 1 saturated carbocycles. The molecule has 2 N–H and O–H groups in total. The molecule has 114 valence electrons. The van der Waals surface area contributed by atoms with Gasteiger partial charge in [-0.05, 0) is 25.2 Å². The van der Waals surface area contributed by atoms with Crippen LogP contribution in [0, 0.1) is 5.92 Å². The van der Waals surface area contributed by atoms with E-state index >= 15 is 0 Å². The number of carboxylic acids is 1. The molecule has 1 saturated heterocycles. The average Bonchev–Trinajstić information content (AvgIpc) is 2.90. The molecule has 2 unspecified atom stereocenters. The van der Waals surface area contributed by atoms with Crippen LogP contribution in [0.3, 0.4) is 0 Å². The Morgan fingerprint density at radius 2 is 2.00 bits per heavy atom. The lowest BCUT2D eigenvalue weighted by atomic mass is 9.89. The van der Waals surface area contributed by atoms with Gasteiger partial charge in [0.25, 0.3) is 0 Å². The van der Waals surface area contributed by atoms with Crippen molar-refractivity contribution in [2.75, 3.05) is 12.3 Å². The van der Waals surface area contributed by atoms with Crippen molar-refractivity contribution in [3.63, 3.8) is 0 Å². The standard InChI is InChI=1S/C14H24N2O3S/c1-2-12-16(11(9-20-12)13(17)18)14(19)15-8-10-6-4-3-5-7-10/h10-12H,2-9H2,1H3,(H,15,19)(H,17,18). The average molecular weight is 300 g/mol. The number of carboxylic acid groups (broad SMARTS) is 1. The van der Waals surface area contributed by atoms with Crippen LogP contribution in [0.25, 0.3) is 0 Å². The molecule has 0 radical (unpaired) electrons. The van der Waals surface area contributed by atoms with Crippen molar-refractivity contribution >= 4 is 23.8 Å². The summed E-state index contributed by atoms with van der Waals surface area (Å²) < 4.78 is 0. The van der Waals surface area contributed by atoms with E-state index in [2.05, 4.69) is 5.32 Å². The van der Waals surface area contributed by atoms with Gasteiger partial charge >= 0.3 is 12.0 Å². The van der Waals surface area contributed by atoms with Gasteiger partial charge in [0, 0.05) is 12.3 Å². The van der Waals surface area contributed by atoms with Crippen molar-refractivity contribution < 1.29 is 14.7 Å². The third-order valence-electron chi connectivity index (χ3n) is 4.23. The Kier molecular flexibility index (Phi) is 5.57. The molecule has 1 aliphatic heterocycles. The third kappa shape index (κ3) is 3.59. The molecule has 1 heterocycles. The summed E-state index contributed by atoms with van der Waals surface area (Å²) in [7, 11) is 0. The first-order valence-corrected chi connectivity index (χ1v) is 8.59. The fraction of sp³-hybridized carbons (Fsp3) is 0.857. The number of nitrogens with zero attached hydrogens (tertiary/aromatic N) is 1. The summed E-state index contributed by atoms with van der Waals surface area (Å²) in [6.07, 6.45) is 6.92. The van der Waals surface area contributed by atoms with E-state index in [9.17, 15) is 14.7 Å². The molecule has 1 aliphatic carbocycles. The Morgan fingerprint density at radius 1 is 1.30 bits per heavy atom. The van der Waals surface area contributed by atoms with Gasteiger partial charge in [0.05, 0.1) is 5.37 Å². The predicted octanol–water partition coefficient (Wildman–Crippen LogP) is 2.51. The van der Waals surface area contributed by atoms with Gasteiger partial charge in [-0.2, -0.15) is 0 Å². The molecule has 6 heteroatoms. The number of amides is 2. The van der Waals surface area contributed by atoms with Gasteiger partial charge in [0.15, 0.2) is 0 Å². The predicted molar refractivity (Wildman–Crippen MR) is 79.8 cm³/mol. The number of aliphatic carboxylic acids is 1. The van der Waals surface area contributed by atoms with E-state index in [1.165, 1.54) is 37.0 Å². The molecule has 2 amide bonds. The summed E-state index contributed by atoms with van der Waals surface area (Å²) in [5.74, 6) is 0.151. The SMILES string of the molecule is CCC1SCC(C(=O)O)N1C(=O)NCC1CCCCC1.